The van der Waals surface area contributed by atoms with Gasteiger partial charge >= 0.3 is 0 Å². The van der Waals surface area contributed by atoms with Crippen LogP contribution in [-0.2, 0) is 0 Å². The van der Waals surface area contributed by atoms with Crippen LogP contribution in [0.25, 0.3) is 5.69 Å². The Bertz CT molecular complexity index is 449. The molecule has 96 valence electrons. The molecular formula is C13H19N5. The van der Waals surface area contributed by atoms with Crippen molar-refractivity contribution in [3.8, 4) is 5.69 Å². The van der Waals surface area contributed by atoms with Crippen LogP contribution in [0.4, 0.5) is 5.69 Å². The van der Waals surface area contributed by atoms with Crippen LogP contribution in [0.1, 0.15) is 33.1 Å². The summed E-state index contributed by atoms with van der Waals surface area (Å²) in [5.74, 6) is 0. The fraction of sp³-hybridized carbons (Fsp3) is 0.462. The summed E-state index contributed by atoms with van der Waals surface area (Å²) in [5, 5.41) is 14.6. The zero-order chi connectivity index (χ0) is 12.8. The summed E-state index contributed by atoms with van der Waals surface area (Å²) in [6.45, 7) is 4.43. The Labute approximate surface area is 107 Å². The van der Waals surface area contributed by atoms with E-state index in [0.717, 1.165) is 11.4 Å². The fourth-order valence-corrected chi connectivity index (χ4v) is 1.86. The minimum atomic E-state index is 0.504. The van der Waals surface area contributed by atoms with Crippen LogP contribution in [0.15, 0.2) is 30.6 Å². The van der Waals surface area contributed by atoms with Gasteiger partial charge < -0.3 is 5.32 Å². The number of rotatable bonds is 6. The van der Waals surface area contributed by atoms with E-state index in [4.69, 9.17) is 0 Å². The van der Waals surface area contributed by atoms with Crippen molar-refractivity contribution in [3.63, 3.8) is 0 Å². The molecule has 0 aliphatic heterocycles. The number of hydrogen-bond acceptors (Lipinski definition) is 4. The predicted molar refractivity (Wildman–Crippen MR) is 71.8 cm³/mol. The zero-order valence-electron chi connectivity index (χ0n) is 10.9. The Morgan fingerprint density at radius 3 is 2.67 bits per heavy atom. The average Bonchev–Trinajstić information content (AvgIpc) is 2.91. The lowest BCUT2D eigenvalue weighted by molar-refractivity contribution is 0.645. The van der Waals surface area contributed by atoms with E-state index in [1.54, 1.807) is 11.0 Å². The summed E-state index contributed by atoms with van der Waals surface area (Å²) in [6.07, 6.45) is 5.29. The molecular weight excluding hydrogens is 226 g/mol. The minimum Gasteiger partial charge on any atom is -0.383 e. The number of tetrazole rings is 1. The Morgan fingerprint density at radius 2 is 2.06 bits per heavy atom. The van der Waals surface area contributed by atoms with Gasteiger partial charge in [0.25, 0.3) is 0 Å². The first-order chi connectivity index (χ1) is 8.79. The highest BCUT2D eigenvalue weighted by molar-refractivity contribution is 5.48. The van der Waals surface area contributed by atoms with Crippen molar-refractivity contribution < 1.29 is 0 Å². The van der Waals surface area contributed by atoms with Gasteiger partial charge in [0.05, 0.1) is 5.69 Å². The molecule has 0 radical (unpaired) electrons. The monoisotopic (exact) mass is 245 g/mol. The van der Waals surface area contributed by atoms with E-state index in [1.165, 1.54) is 19.3 Å². The van der Waals surface area contributed by atoms with Gasteiger partial charge in [-0.1, -0.05) is 19.8 Å². The van der Waals surface area contributed by atoms with Crippen molar-refractivity contribution in [2.45, 2.75) is 39.2 Å². The molecule has 0 fully saturated rings. The summed E-state index contributed by atoms with van der Waals surface area (Å²) >= 11 is 0. The second kappa shape index (κ2) is 6.14. The number of nitrogens with zero attached hydrogens (tertiary/aromatic N) is 4. The van der Waals surface area contributed by atoms with Gasteiger partial charge in [0.2, 0.25) is 0 Å². The second-order valence-corrected chi connectivity index (χ2v) is 4.49. The van der Waals surface area contributed by atoms with Crippen LogP contribution in [0.3, 0.4) is 0 Å². The van der Waals surface area contributed by atoms with Gasteiger partial charge in [0.15, 0.2) is 0 Å². The SMILES string of the molecule is CCCCC(C)Nc1ccc(-n2cnnn2)cc1. The molecule has 1 atom stereocenters. The molecule has 0 saturated carbocycles. The van der Waals surface area contributed by atoms with E-state index in [-0.39, 0.29) is 0 Å². The van der Waals surface area contributed by atoms with Gasteiger partial charge in [-0.3, -0.25) is 0 Å². The molecule has 0 aliphatic carbocycles. The number of unbranched alkanes of at least 4 members (excludes halogenated alkanes) is 1. The average molecular weight is 245 g/mol. The molecule has 1 N–H and O–H groups in total. The highest BCUT2D eigenvalue weighted by Gasteiger charge is 2.02. The summed E-state index contributed by atoms with van der Waals surface area (Å²) in [6, 6.07) is 8.62. The quantitative estimate of drug-likeness (QED) is 0.850. The molecule has 0 bridgehead atoms. The summed E-state index contributed by atoms with van der Waals surface area (Å²) < 4.78 is 1.64. The molecule has 1 heterocycles. The Morgan fingerprint density at radius 1 is 1.28 bits per heavy atom. The highest BCUT2D eigenvalue weighted by Crippen LogP contribution is 2.14. The first kappa shape index (κ1) is 12.5. The van der Waals surface area contributed by atoms with Crippen molar-refractivity contribution >= 4 is 5.69 Å². The standard InChI is InChI=1S/C13H19N5/c1-3-4-5-11(2)15-12-6-8-13(9-7-12)18-10-14-16-17-18/h6-11,15H,3-5H2,1-2H3. The molecule has 2 rings (SSSR count). The third kappa shape index (κ3) is 3.29. The molecule has 1 aromatic carbocycles. The van der Waals surface area contributed by atoms with Crippen LogP contribution in [-0.4, -0.2) is 26.2 Å². The normalized spacial score (nSPS) is 12.3. The van der Waals surface area contributed by atoms with Gasteiger partial charge in [-0.05, 0) is 48.0 Å². The molecule has 0 aliphatic rings. The lowest BCUT2D eigenvalue weighted by Crippen LogP contribution is -2.14. The van der Waals surface area contributed by atoms with Gasteiger partial charge in [-0.25, -0.2) is 4.68 Å². The summed E-state index contributed by atoms with van der Waals surface area (Å²) in [5.41, 5.74) is 2.10. The molecule has 2 aromatic rings. The van der Waals surface area contributed by atoms with Crippen molar-refractivity contribution in [1.29, 1.82) is 0 Å². The number of anilines is 1. The number of benzene rings is 1. The molecule has 1 unspecified atom stereocenters. The fourth-order valence-electron chi connectivity index (χ4n) is 1.86. The summed E-state index contributed by atoms with van der Waals surface area (Å²) in [4.78, 5) is 0. The number of nitrogens with one attached hydrogen (secondary N) is 1. The van der Waals surface area contributed by atoms with Crippen LogP contribution in [0.5, 0.6) is 0 Å². The molecule has 5 heteroatoms. The molecule has 0 amide bonds. The zero-order valence-corrected chi connectivity index (χ0v) is 10.9. The molecule has 0 spiro atoms. The molecule has 5 nitrogen and oxygen atoms in total. The van der Waals surface area contributed by atoms with Crippen molar-refractivity contribution in [1.82, 2.24) is 20.2 Å². The van der Waals surface area contributed by atoms with E-state index in [2.05, 4.69) is 46.8 Å². The van der Waals surface area contributed by atoms with E-state index < -0.39 is 0 Å². The van der Waals surface area contributed by atoms with Crippen LogP contribution in [0, 0.1) is 0 Å². The summed E-state index contributed by atoms with van der Waals surface area (Å²) in [7, 11) is 0. The first-order valence-corrected chi connectivity index (χ1v) is 6.39. The third-order valence-electron chi connectivity index (χ3n) is 2.88. The Balaban J connectivity index is 1.95. The van der Waals surface area contributed by atoms with Crippen molar-refractivity contribution in [3.05, 3.63) is 30.6 Å². The topological polar surface area (TPSA) is 55.6 Å². The van der Waals surface area contributed by atoms with Gasteiger partial charge in [0.1, 0.15) is 6.33 Å². The Hall–Kier alpha value is -1.91. The highest BCUT2D eigenvalue weighted by atomic mass is 15.5. The largest absolute Gasteiger partial charge is 0.383 e. The first-order valence-electron chi connectivity index (χ1n) is 6.39. The van der Waals surface area contributed by atoms with Crippen molar-refractivity contribution in [2.24, 2.45) is 0 Å². The lowest BCUT2D eigenvalue weighted by atomic mass is 10.1. The van der Waals surface area contributed by atoms with Crippen LogP contribution in [0.2, 0.25) is 0 Å². The maximum Gasteiger partial charge on any atom is 0.143 e. The van der Waals surface area contributed by atoms with Gasteiger partial charge in [-0.2, -0.15) is 0 Å². The minimum absolute atomic E-state index is 0.504. The van der Waals surface area contributed by atoms with Crippen molar-refractivity contribution in [2.75, 3.05) is 5.32 Å². The van der Waals surface area contributed by atoms with E-state index in [9.17, 15) is 0 Å². The van der Waals surface area contributed by atoms with Crippen LogP contribution < -0.4 is 5.32 Å². The third-order valence-corrected chi connectivity index (χ3v) is 2.88. The number of aromatic nitrogens is 4. The van der Waals surface area contributed by atoms with E-state index in [0.29, 0.717) is 6.04 Å². The number of hydrogen-bond donors (Lipinski definition) is 1. The maximum atomic E-state index is 3.85. The second-order valence-electron chi connectivity index (χ2n) is 4.49. The molecule has 18 heavy (non-hydrogen) atoms. The molecule has 0 saturated heterocycles. The lowest BCUT2D eigenvalue weighted by Gasteiger charge is -2.14. The molecule has 1 aromatic heterocycles. The van der Waals surface area contributed by atoms with Gasteiger partial charge in [0, 0.05) is 11.7 Å². The maximum absolute atomic E-state index is 3.85. The predicted octanol–water partition coefficient (Wildman–Crippen LogP) is 2.65. The smallest absolute Gasteiger partial charge is 0.143 e. The van der Waals surface area contributed by atoms with E-state index in [1.807, 2.05) is 12.1 Å². The Kier molecular flexibility index (Phi) is 4.28. The van der Waals surface area contributed by atoms with E-state index >= 15 is 0 Å². The van der Waals surface area contributed by atoms with Crippen LogP contribution >= 0.6 is 0 Å². The van der Waals surface area contributed by atoms with Gasteiger partial charge in [-0.15, -0.1) is 5.10 Å².